The van der Waals surface area contributed by atoms with Crippen LogP contribution in [0.1, 0.15) is 25.2 Å². The van der Waals surface area contributed by atoms with E-state index < -0.39 is 0 Å². The number of nitrogens with zero attached hydrogens (tertiary/aromatic N) is 1. The molecule has 1 atom stereocenters. The van der Waals surface area contributed by atoms with Crippen LogP contribution in [0.15, 0.2) is 41.0 Å². The predicted molar refractivity (Wildman–Crippen MR) is 79.2 cm³/mol. The summed E-state index contributed by atoms with van der Waals surface area (Å²) in [6.45, 7) is 5.19. The van der Waals surface area contributed by atoms with Gasteiger partial charge in [-0.2, -0.15) is 0 Å². The van der Waals surface area contributed by atoms with Gasteiger partial charge in [0.05, 0.1) is 18.5 Å². The molecule has 1 heterocycles. The largest absolute Gasteiger partial charge is 0.467 e. The van der Waals surface area contributed by atoms with Crippen LogP contribution in [-0.4, -0.2) is 12.6 Å². The van der Waals surface area contributed by atoms with Crippen LogP contribution in [0.3, 0.4) is 0 Å². The van der Waals surface area contributed by atoms with Gasteiger partial charge in [-0.15, -0.1) is 0 Å². The van der Waals surface area contributed by atoms with Gasteiger partial charge in [-0.1, -0.05) is 6.07 Å². The Bertz CT molecular complexity index is 537. The lowest BCUT2D eigenvalue weighted by atomic mass is 10.1. The minimum Gasteiger partial charge on any atom is -0.467 e. The number of furan rings is 1. The molecule has 0 saturated carbocycles. The zero-order valence-electron chi connectivity index (χ0n) is 12.0. The third kappa shape index (κ3) is 3.61. The van der Waals surface area contributed by atoms with E-state index in [0.717, 1.165) is 11.3 Å². The van der Waals surface area contributed by atoms with Gasteiger partial charge in [0.2, 0.25) is 0 Å². The number of anilines is 1. The summed E-state index contributed by atoms with van der Waals surface area (Å²) in [4.78, 5) is 1.95. The molecule has 20 heavy (non-hydrogen) atoms. The highest BCUT2D eigenvalue weighted by molar-refractivity contribution is 5.49. The summed E-state index contributed by atoms with van der Waals surface area (Å²) in [5.74, 6) is 0.613. The minimum atomic E-state index is -0.212. The van der Waals surface area contributed by atoms with Crippen LogP contribution in [-0.2, 0) is 13.0 Å². The molecule has 2 rings (SSSR count). The number of hydrogen-bond acceptors (Lipinski definition) is 3. The van der Waals surface area contributed by atoms with Crippen molar-refractivity contribution in [3.05, 3.63) is 53.7 Å². The zero-order chi connectivity index (χ0) is 14.5. The van der Waals surface area contributed by atoms with Gasteiger partial charge in [0.1, 0.15) is 11.6 Å². The molecule has 0 amide bonds. The second kappa shape index (κ2) is 6.57. The van der Waals surface area contributed by atoms with E-state index in [-0.39, 0.29) is 11.9 Å². The first-order valence-corrected chi connectivity index (χ1v) is 6.91. The SMILES string of the molecule is CCN(Cc1ccco1)c1ccc(CC(C)N)cc1F. The van der Waals surface area contributed by atoms with E-state index in [9.17, 15) is 4.39 Å². The molecule has 4 heteroatoms. The van der Waals surface area contributed by atoms with Gasteiger partial charge >= 0.3 is 0 Å². The van der Waals surface area contributed by atoms with Gasteiger partial charge in [-0.3, -0.25) is 0 Å². The first-order valence-electron chi connectivity index (χ1n) is 6.91. The van der Waals surface area contributed by atoms with Gasteiger partial charge in [0.25, 0.3) is 0 Å². The van der Waals surface area contributed by atoms with Crippen molar-refractivity contribution in [3.8, 4) is 0 Å². The Balaban J connectivity index is 2.17. The molecule has 2 aromatic rings. The van der Waals surface area contributed by atoms with Crippen LogP contribution >= 0.6 is 0 Å². The molecule has 0 saturated heterocycles. The molecule has 0 spiro atoms. The van der Waals surface area contributed by atoms with Crippen LogP contribution in [0.2, 0.25) is 0 Å². The number of rotatable bonds is 6. The van der Waals surface area contributed by atoms with Crippen molar-refractivity contribution in [1.29, 1.82) is 0 Å². The van der Waals surface area contributed by atoms with Crippen LogP contribution in [0.4, 0.5) is 10.1 Å². The molecule has 0 radical (unpaired) electrons. The van der Waals surface area contributed by atoms with Crippen molar-refractivity contribution in [3.63, 3.8) is 0 Å². The summed E-state index contributed by atoms with van der Waals surface area (Å²) >= 11 is 0. The maximum Gasteiger partial charge on any atom is 0.146 e. The molecule has 2 N–H and O–H groups in total. The molecule has 0 bridgehead atoms. The van der Waals surface area contributed by atoms with Crippen molar-refractivity contribution in [1.82, 2.24) is 0 Å². The summed E-state index contributed by atoms with van der Waals surface area (Å²) in [6.07, 6.45) is 2.31. The standard InChI is InChI=1S/C16H21FN2O/c1-3-19(11-14-5-4-8-20-14)16-7-6-13(9-12(2)18)10-15(16)17/h4-8,10,12H,3,9,11,18H2,1-2H3. The lowest BCUT2D eigenvalue weighted by Gasteiger charge is -2.23. The highest BCUT2D eigenvalue weighted by atomic mass is 19.1. The molecule has 3 nitrogen and oxygen atoms in total. The summed E-state index contributed by atoms with van der Waals surface area (Å²) in [5.41, 5.74) is 7.26. The van der Waals surface area contributed by atoms with E-state index >= 15 is 0 Å². The van der Waals surface area contributed by atoms with Gasteiger partial charge in [-0.25, -0.2) is 4.39 Å². The highest BCUT2D eigenvalue weighted by Gasteiger charge is 2.12. The highest BCUT2D eigenvalue weighted by Crippen LogP contribution is 2.23. The van der Waals surface area contributed by atoms with Crippen LogP contribution < -0.4 is 10.6 Å². The van der Waals surface area contributed by atoms with E-state index in [0.29, 0.717) is 25.2 Å². The van der Waals surface area contributed by atoms with Gasteiger partial charge in [0, 0.05) is 12.6 Å². The van der Waals surface area contributed by atoms with Crippen molar-refractivity contribution in [2.75, 3.05) is 11.4 Å². The summed E-state index contributed by atoms with van der Waals surface area (Å²) in [5, 5.41) is 0. The predicted octanol–water partition coefficient (Wildman–Crippen LogP) is 3.33. The zero-order valence-corrected chi connectivity index (χ0v) is 12.0. The smallest absolute Gasteiger partial charge is 0.146 e. The topological polar surface area (TPSA) is 42.4 Å². The molecule has 1 unspecified atom stereocenters. The van der Waals surface area contributed by atoms with E-state index in [4.69, 9.17) is 10.2 Å². The third-order valence-corrected chi connectivity index (χ3v) is 3.22. The molecule has 1 aromatic carbocycles. The fourth-order valence-electron chi connectivity index (χ4n) is 2.26. The van der Waals surface area contributed by atoms with Gasteiger partial charge < -0.3 is 15.1 Å². The van der Waals surface area contributed by atoms with E-state index in [1.54, 1.807) is 12.3 Å². The maximum absolute atomic E-state index is 14.3. The Labute approximate surface area is 119 Å². The lowest BCUT2D eigenvalue weighted by molar-refractivity contribution is 0.501. The fraction of sp³-hybridized carbons (Fsp3) is 0.375. The van der Waals surface area contributed by atoms with Crippen molar-refractivity contribution in [2.24, 2.45) is 5.73 Å². The molecular formula is C16H21FN2O. The Hall–Kier alpha value is -1.81. The lowest BCUT2D eigenvalue weighted by Crippen LogP contribution is -2.23. The Morgan fingerprint density at radius 2 is 2.15 bits per heavy atom. The van der Waals surface area contributed by atoms with Crippen LogP contribution in [0.25, 0.3) is 0 Å². The second-order valence-corrected chi connectivity index (χ2v) is 5.06. The monoisotopic (exact) mass is 276 g/mol. The van der Waals surface area contributed by atoms with Gasteiger partial charge in [-0.05, 0) is 50.1 Å². The fourth-order valence-corrected chi connectivity index (χ4v) is 2.26. The quantitative estimate of drug-likeness (QED) is 0.880. The first kappa shape index (κ1) is 14.6. The summed E-state index contributed by atoms with van der Waals surface area (Å²) in [7, 11) is 0. The summed E-state index contributed by atoms with van der Waals surface area (Å²) < 4.78 is 19.6. The average Bonchev–Trinajstić information content (AvgIpc) is 2.89. The van der Waals surface area contributed by atoms with Gasteiger partial charge in [0.15, 0.2) is 0 Å². The number of halogens is 1. The molecule has 0 aliphatic rings. The van der Waals surface area contributed by atoms with Crippen molar-refractivity contribution < 1.29 is 8.81 Å². The second-order valence-electron chi connectivity index (χ2n) is 5.06. The minimum absolute atomic E-state index is 0.0330. The van der Waals surface area contributed by atoms with Crippen molar-refractivity contribution >= 4 is 5.69 Å². The molecule has 0 fully saturated rings. The Morgan fingerprint density at radius 3 is 2.70 bits per heavy atom. The summed E-state index contributed by atoms with van der Waals surface area (Å²) in [6, 6.07) is 9.09. The Morgan fingerprint density at radius 1 is 1.35 bits per heavy atom. The normalized spacial score (nSPS) is 12.4. The van der Waals surface area contributed by atoms with Crippen LogP contribution in [0, 0.1) is 5.82 Å². The molecule has 0 aliphatic heterocycles. The maximum atomic E-state index is 14.3. The van der Waals surface area contributed by atoms with Crippen LogP contribution in [0.5, 0.6) is 0 Å². The Kier molecular flexibility index (Phi) is 4.79. The molecule has 1 aromatic heterocycles. The number of benzene rings is 1. The molecule has 0 aliphatic carbocycles. The number of hydrogen-bond donors (Lipinski definition) is 1. The third-order valence-electron chi connectivity index (χ3n) is 3.22. The number of nitrogens with two attached hydrogens (primary N) is 1. The first-order chi connectivity index (χ1) is 9.60. The molecular weight excluding hydrogens is 255 g/mol. The molecule has 108 valence electrons. The average molecular weight is 276 g/mol. The van der Waals surface area contributed by atoms with E-state index in [2.05, 4.69) is 0 Å². The van der Waals surface area contributed by atoms with E-state index in [1.807, 2.05) is 43.0 Å². The van der Waals surface area contributed by atoms with E-state index in [1.165, 1.54) is 0 Å². The van der Waals surface area contributed by atoms with Crippen molar-refractivity contribution in [2.45, 2.75) is 32.9 Å².